The van der Waals surface area contributed by atoms with Gasteiger partial charge in [0.05, 0.1) is 18.2 Å². The molecule has 0 aromatic carbocycles. The Kier molecular flexibility index (Phi) is 31.4. The number of aliphatic hydroxyl groups excluding tert-OH is 1. The second-order valence-corrected chi connectivity index (χ2v) is 26.8. The van der Waals surface area contributed by atoms with Crippen molar-refractivity contribution in [2.75, 3.05) is 55.9 Å². The van der Waals surface area contributed by atoms with E-state index in [9.17, 15) is 53.4 Å². The van der Waals surface area contributed by atoms with Gasteiger partial charge in [0.1, 0.15) is 60.4 Å². The van der Waals surface area contributed by atoms with Crippen molar-refractivity contribution in [1.29, 1.82) is 0 Å². The van der Waals surface area contributed by atoms with E-state index in [1.165, 1.54) is 96.6 Å². The number of hydrogen-bond donors (Lipinski definition) is 6. The third kappa shape index (κ3) is 22.0. The third-order valence-electron chi connectivity index (χ3n) is 16.3. The number of aliphatic hydroxyl groups is 2. The van der Waals surface area contributed by atoms with Gasteiger partial charge in [-0.1, -0.05) is 103 Å². The van der Waals surface area contributed by atoms with Crippen LogP contribution in [0.25, 0.3) is 0 Å². The van der Waals surface area contributed by atoms with Crippen LogP contribution in [-0.2, 0) is 52.7 Å². The van der Waals surface area contributed by atoms with Gasteiger partial charge in [-0.3, -0.25) is 52.7 Å². The first-order valence-corrected chi connectivity index (χ1v) is 31.0. The molecule has 0 radical (unpaired) electrons. The Balaban J connectivity index is 4.34. The molecule has 0 aromatic heterocycles. The first-order valence-electron chi connectivity index (χ1n) is 31.0. The normalized spacial score (nSPS) is 26.8. The molecule has 6 N–H and O–H groups in total. The van der Waals surface area contributed by atoms with E-state index < -0.39 is 161 Å². The van der Waals surface area contributed by atoms with E-state index in [2.05, 4.69) is 21.3 Å². The molecule has 1 aliphatic rings. The molecule has 1 unspecified atom stereocenters. The molecule has 24 heteroatoms. The summed E-state index contributed by atoms with van der Waals surface area (Å²) in [4.78, 5) is 168. The maximum absolute atomic E-state index is 15.1. The van der Waals surface area contributed by atoms with Gasteiger partial charge in [0.2, 0.25) is 65.0 Å². The van der Waals surface area contributed by atoms with E-state index in [0.717, 1.165) is 21.1 Å². The predicted molar refractivity (Wildman–Crippen MR) is 330 cm³/mol. The van der Waals surface area contributed by atoms with E-state index in [1.807, 2.05) is 48.5 Å². The predicted octanol–water partition coefficient (Wildman–Crippen LogP) is 2.61. The summed E-state index contributed by atoms with van der Waals surface area (Å²) >= 11 is 0. The zero-order chi connectivity index (χ0) is 66.9. The highest BCUT2D eigenvalue weighted by molar-refractivity contribution is 5.99. The molecule has 0 spiro atoms. The molecule has 86 heavy (non-hydrogen) atoms. The number of carbonyl (C=O) groups is 11. The van der Waals surface area contributed by atoms with E-state index >= 15 is 9.59 Å². The topological polar surface area (TPSA) is 299 Å². The molecule has 1 fully saturated rings. The van der Waals surface area contributed by atoms with E-state index in [0.29, 0.717) is 12.8 Å². The fourth-order valence-corrected chi connectivity index (χ4v) is 10.9. The molecule has 11 amide bonds. The zero-order valence-corrected chi connectivity index (χ0v) is 56.7. The average Bonchev–Trinajstić information content (AvgIpc) is 3.54. The van der Waals surface area contributed by atoms with Crippen molar-refractivity contribution in [3.05, 3.63) is 0 Å². The number of rotatable bonds is 16. The van der Waals surface area contributed by atoms with Crippen LogP contribution in [-0.4, -0.2) is 237 Å². The molecule has 0 aliphatic carbocycles. The monoisotopic (exact) mass is 1220 g/mol. The minimum absolute atomic E-state index is 0.00231. The number of nitrogens with zero attached hydrogens (tertiary/aromatic N) is 7. The van der Waals surface area contributed by atoms with Gasteiger partial charge in [-0.25, -0.2) is 0 Å². The molecule has 1 rings (SSSR count). The summed E-state index contributed by atoms with van der Waals surface area (Å²) in [6, 6.07) is -12.8. The second-order valence-electron chi connectivity index (χ2n) is 26.8. The highest BCUT2D eigenvalue weighted by atomic mass is 16.3. The zero-order valence-electron chi connectivity index (χ0n) is 56.7. The molecule has 12 atom stereocenters. The Hall–Kier alpha value is -5.91. The van der Waals surface area contributed by atoms with Crippen LogP contribution in [0.5, 0.6) is 0 Å². The smallest absolute Gasteiger partial charge is 0.246 e. The fraction of sp³-hybridized carbons (Fsp3) is 0.823. The van der Waals surface area contributed by atoms with Gasteiger partial charge < -0.3 is 65.8 Å². The first kappa shape index (κ1) is 78.1. The largest absolute Gasteiger partial charge is 0.390 e. The lowest BCUT2D eigenvalue weighted by atomic mass is 9.90. The quantitative estimate of drug-likeness (QED) is 0.130. The van der Waals surface area contributed by atoms with Crippen LogP contribution >= 0.6 is 0 Å². The first-order chi connectivity index (χ1) is 39.5. The minimum Gasteiger partial charge on any atom is -0.390 e. The molecular formula is C62H113N11O13. The molecule has 0 aromatic rings. The Morgan fingerprint density at radius 2 is 0.930 bits per heavy atom. The van der Waals surface area contributed by atoms with Crippen molar-refractivity contribution < 1.29 is 63.0 Å². The van der Waals surface area contributed by atoms with Crippen LogP contribution in [0.2, 0.25) is 0 Å². The van der Waals surface area contributed by atoms with Crippen LogP contribution in [0.1, 0.15) is 169 Å². The maximum atomic E-state index is 15.1. The van der Waals surface area contributed by atoms with Crippen LogP contribution in [0.4, 0.5) is 0 Å². The average molecular weight is 1220 g/mol. The number of hydrogen-bond acceptors (Lipinski definition) is 13. The van der Waals surface area contributed by atoms with Gasteiger partial charge >= 0.3 is 0 Å². The van der Waals surface area contributed by atoms with Gasteiger partial charge in [0.25, 0.3) is 0 Å². The number of carbonyl (C=O) groups excluding carboxylic acids is 11. The summed E-state index contributed by atoms with van der Waals surface area (Å²) in [5.74, 6) is -10.1. The van der Waals surface area contributed by atoms with Gasteiger partial charge in [-0.05, 0) is 95.3 Å². The molecule has 0 bridgehead atoms. The lowest BCUT2D eigenvalue weighted by Crippen LogP contribution is -2.63. The molecule has 24 nitrogen and oxygen atoms in total. The molecule has 1 saturated heterocycles. The van der Waals surface area contributed by atoms with Crippen molar-refractivity contribution in [1.82, 2.24) is 55.6 Å². The van der Waals surface area contributed by atoms with Crippen molar-refractivity contribution in [2.45, 2.75) is 241 Å². The standard InChI is InChI=1S/C62H113N11O13/c1-25-27-28-39(13)51(75)50-55(79)65-42(26-2)57(81)67(18)33-47(74)68(19)46(32-62(16,17)86)54(78)66-48(37(9)10)60(84)69(20)43(29-34(3)4)53(77)63-40(14)52(76)64-41(15)56(80)70(21)44(30-35(5)6)58(82)71(22)45(31-36(7)8)59(83)72(23)49(38(11)12)61(85)73(50)24/h34-46,48-51,75,86H,25-33H2,1-24H3,(H,63,77)(H,64,76)(H,65,79)(H,66,78)/t39-,40+,41-,42+,43+,44+,45+,46+,48+,49+,50?,51-/m1/s1. The third-order valence-corrected chi connectivity index (χ3v) is 16.3. The van der Waals surface area contributed by atoms with Crippen molar-refractivity contribution in [3.8, 4) is 0 Å². The van der Waals surface area contributed by atoms with Crippen molar-refractivity contribution >= 4 is 65.0 Å². The highest BCUT2D eigenvalue weighted by Crippen LogP contribution is 2.26. The van der Waals surface area contributed by atoms with Gasteiger partial charge in [0, 0.05) is 55.8 Å². The van der Waals surface area contributed by atoms with Crippen LogP contribution in [0, 0.1) is 35.5 Å². The summed E-state index contributed by atoms with van der Waals surface area (Å²) in [5, 5.41) is 34.1. The fourth-order valence-electron chi connectivity index (χ4n) is 10.9. The molecular weight excluding hydrogens is 1110 g/mol. The number of likely N-dealkylation sites (N-methyl/N-ethyl adjacent to an activating group) is 7. The Labute approximate surface area is 514 Å². The molecule has 0 saturated carbocycles. The Morgan fingerprint density at radius 1 is 0.488 bits per heavy atom. The van der Waals surface area contributed by atoms with Gasteiger partial charge in [-0.2, -0.15) is 0 Å². The summed E-state index contributed by atoms with van der Waals surface area (Å²) in [6.45, 7) is 28.4. The van der Waals surface area contributed by atoms with E-state index in [4.69, 9.17) is 0 Å². The maximum Gasteiger partial charge on any atom is 0.246 e. The lowest BCUT2D eigenvalue weighted by Gasteiger charge is -2.41. The van der Waals surface area contributed by atoms with Gasteiger partial charge in [-0.15, -0.1) is 0 Å². The Bertz CT molecular complexity index is 2320. The Morgan fingerprint density at radius 3 is 1.38 bits per heavy atom. The molecule has 1 heterocycles. The summed E-state index contributed by atoms with van der Waals surface area (Å²) < 4.78 is 0. The van der Waals surface area contributed by atoms with E-state index in [-0.39, 0.29) is 49.9 Å². The molecule has 1 aliphatic heterocycles. The summed E-state index contributed by atoms with van der Waals surface area (Å²) in [5.41, 5.74) is -1.55. The van der Waals surface area contributed by atoms with Gasteiger partial charge in [0.15, 0.2) is 0 Å². The van der Waals surface area contributed by atoms with Crippen LogP contribution < -0.4 is 21.3 Å². The highest BCUT2D eigenvalue weighted by Gasteiger charge is 2.46. The number of amides is 11. The minimum atomic E-state index is -1.60. The summed E-state index contributed by atoms with van der Waals surface area (Å²) in [6.07, 6.45) is 0.552. The van der Waals surface area contributed by atoms with Crippen LogP contribution in [0.15, 0.2) is 0 Å². The van der Waals surface area contributed by atoms with E-state index in [1.54, 1.807) is 41.5 Å². The summed E-state index contributed by atoms with van der Waals surface area (Å²) in [7, 11) is 9.72. The van der Waals surface area contributed by atoms with Crippen LogP contribution in [0.3, 0.4) is 0 Å². The SMILES string of the molecule is CCCC[C@@H](C)[C@@H](O)C1C(=O)N[C@@H](CC)C(=O)N(C)CC(=O)N(C)[C@@H](CC(C)(C)O)C(=O)N[C@@H](C(C)C)C(=O)N(C)[C@@H](CC(C)C)C(=O)N[C@@H](C)C(=O)N[C@H](C)C(=O)N(C)[C@@H](CC(C)C)C(=O)N(C)[C@@H](CC(C)C)C(=O)N(C)[C@@H](C(C)C)C(=O)N1C. The number of unbranched alkanes of at least 4 members (excludes halogenated alkanes) is 1. The second kappa shape index (κ2) is 34.6. The van der Waals surface area contributed by atoms with Crippen molar-refractivity contribution in [2.24, 2.45) is 35.5 Å². The lowest BCUT2D eigenvalue weighted by molar-refractivity contribution is -0.157. The molecule has 494 valence electrons. The number of nitrogens with one attached hydrogen (secondary N) is 4. The van der Waals surface area contributed by atoms with Crippen molar-refractivity contribution in [3.63, 3.8) is 0 Å².